The van der Waals surface area contributed by atoms with Crippen LogP contribution < -0.4 is 0 Å². The Hall–Kier alpha value is -0.830. The third-order valence-corrected chi connectivity index (χ3v) is 5.61. The zero-order chi connectivity index (χ0) is 20.7. The van der Waals surface area contributed by atoms with Crippen LogP contribution in [0, 0.1) is 5.92 Å². The van der Waals surface area contributed by atoms with E-state index in [-0.39, 0.29) is 5.92 Å². The van der Waals surface area contributed by atoms with Crippen LogP contribution in [0.25, 0.3) is 0 Å². The van der Waals surface area contributed by atoms with Gasteiger partial charge >= 0.3 is 5.97 Å². The molecule has 3 heteroatoms. The maximum absolute atomic E-state index is 10.7. The van der Waals surface area contributed by atoms with Crippen LogP contribution in [-0.2, 0) is 4.79 Å². The van der Waals surface area contributed by atoms with Crippen molar-refractivity contribution in [2.75, 3.05) is 6.61 Å². The van der Waals surface area contributed by atoms with Crippen LogP contribution in [0.15, 0.2) is 12.2 Å². The second-order valence-corrected chi connectivity index (χ2v) is 8.47. The van der Waals surface area contributed by atoms with Gasteiger partial charge in [-0.05, 0) is 25.7 Å². The molecule has 0 aliphatic carbocycles. The van der Waals surface area contributed by atoms with Gasteiger partial charge in [-0.1, -0.05) is 115 Å². The summed E-state index contributed by atoms with van der Waals surface area (Å²) in [5, 5.41) is 17.5. The summed E-state index contributed by atoms with van der Waals surface area (Å²) in [6.45, 7) is 2.12. The van der Waals surface area contributed by atoms with Crippen LogP contribution in [-0.4, -0.2) is 22.8 Å². The predicted molar refractivity (Wildman–Crippen MR) is 121 cm³/mol. The molecule has 0 heterocycles. The van der Waals surface area contributed by atoms with E-state index in [0.29, 0.717) is 13.0 Å². The number of hydrogen-bond acceptors (Lipinski definition) is 2. The summed E-state index contributed by atoms with van der Waals surface area (Å²) in [6, 6.07) is 0. The highest BCUT2D eigenvalue weighted by molar-refractivity contribution is 5.69. The second kappa shape index (κ2) is 22.5. The molecule has 28 heavy (non-hydrogen) atoms. The molecule has 0 saturated carbocycles. The number of allylic oxidation sites excluding steroid dienone is 2. The van der Waals surface area contributed by atoms with Gasteiger partial charge in [-0.25, -0.2) is 0 Å². The molecule has 0 radical (unpaired) electrons. The monoisotopic (exact) mass is 396 g/mol. The van der Waals surface area contributed by atoms with Crippen LogP contribution in [0.1, 0.15) is 129 Å². The van der Waals surface area contributed by atoms with Crippen LogP contribution in [0.4, 0.5) is 0 Å². The average Bonchev–Trinajstić information content (AvgIpc) is 2.68. The third kappa shape index (κ3) is 21.5. The molecule has 0 fully saturated rings. The number of aliphatic hydroxyl groups excluding tert-OH is 1. The molecule has 2 N–H and O–H groups in total. The molecule has 0 spiro atoms. The molecule has 1 unspecified atom stereocenters. The fraction of sp³-hybridized carbons (Fsp3) is 0.880. The molecule has 166 valence electrons. The summed E-state index contributed by atoms with van der Waals surface area (Å²) in [4.78, 5) is 10.7. The topological polar surface area (TPSA) is 57.5 Å². The van der Waals surface area contributed by atoms with Crippen molar-refractivity contribution in [3.05, 3.63) is 12.2 Å². The van der Waals surface area contributed by atoms with Crippen LogP contribution in [0.2, 0.25) is 0 Å². The van der Waals surface area contributed by atoms with Gasteiger partial charge < -0.3 is 10.2 Å². The molecule has 3 nitrogen and oxygen atoms in total. The summed E-state index contributed by atoms with van der Waals surface area (Å²) in [6.07, 6.45) is 28.6. The first-order valence-electron chi connectivity index (χ1n) is 12.2. The molecule has 1 atom stereocenters. The fourth-order valence-electron chi connectivity index (χ4n) is 3.54. The average molecular weight is 397 g/mol. The number of carboxylic acid groups (broad SMARTS) is 1. The number of rotatable bonds is 22. The predicted octanol–water partition coefficient (Wildman–Crippen LogP) is 7.67. The first-order valence-corrected chi connectivity index (χ1v) is 12.2. The van der Waals surface area contributed by atoms with Gasteiger partial charge in [0, 0.05) is 6.61 Å². The number of hydrogen-bond donors (Lipinski definition) is 2. The van der Waals surface area contributed by atoms with E-state index in [1.165, 1.54) is 103 Å². The van der Waals surface area contributed by atoms with Crippen molar-refractivity contribution >= 4 is 5.97 Å². The largest absolute Gasteiger partial charge is 0.481 e. The SMILES string of the molecule is CC(C/C=C/CCCCCCCCCCCCCCCCCCCO)C(=O)O. The Morgan fingerprint density at radius 2 is 1.00 bits per heavy atom. The van der Waals surface area contributed by atoms with Gasteiger partial charge in [0.15, 0.2) is 0 Å². The minimum atomic E-state index is -0.703. The van der Waals surface area contributed by atoms with Gasteiger partial charge in [-0.2, -0.15) is 0 Å². The summed E-state index contributed by atoms with van der Waals surface area (Å²) in [5.74, 6) is -0.963. The number of carboxylic acids is 1. The summed E-state index contributed by atoms with van der Waals surface area (Å²) in [7, 11) is 0. The van der Waals surface area contributed by atoms with E-state index in [2.05, 4.69) is 6.08 Å². The molecule has 0 aliphatic heterocycles. The normalized spacial score (nSPS) is 12.6. The fourth-order valence-corrected chi connectivity index (χ4v) is 3.54. The number of unbranched alkanes of at least 4 members (excludes halogenated alkanes) is 17. The van der Waals surface area contributed by atoms with Gasteiger partial charge in [0.1, 0.15) is 0 Å². The van der Waals surface area contributed by atoms with Crippen molar-refractivity contribution in [1.29, 1.82) is 0 Å². The van der Waals surface area contributed by atoms with Gasteiger partial charge in [-0.15, -0.1) is 0 Å². The Morgan fingerprint density at radius 3 is 1.36 bits per heavy atom. The lowest BCUT2D eigenvalue weighted by atomic mass is 10.0. The first-order chi connectivity index (χ1) is 13.7. The first kappa shape index (κ1) is 27.2. The van der Waals surface area contributed by atoms with E-state index in [1.54, 1.807) is 6.92 Å². The Morgan fingerprint density at radius 1 is 0.643 bits per heavy atom. The lowest BCUT2D eigenvalue weighted by Gasteiger charge is -2.03. The Bertz CT molecular complexity index is 352. The zero-order valence-corrected chi connectivity index (χ0v) is 18.7. The van der Waals surface area contributed by atoms with Crippen molar-refractivity contribution in [3.63, 3.8) is 0 Å². The van der Waals surface area contributed by atoms with E-state index < -0.39 is 5.97 Å². The van der Waals surface area contributed by atoms with Crippen LogP contribution >= 0.6 is 0 Å². The number of carbonyl (C=O) groups is 1. The van der Waals surface area contributed by atoms with Gasteiger partial charge in [0.25, 0.3) is 0 Å². The summed E-state index contributed by atoms with van der Waals surface area (Å²) in [5.41, 5.74) is 0. The van der Waals surface area contributed by atoms with Gasteiger partial charge in [-0.3, -0.25) is 4.79 Å². The van der Waals surface area contributed by atoms with E-state index in [9.17, 15) is 4.79 Å². The molecule has 0 amide bonds. The molecule has 0 aliphatic rings. The van der Waals surface area contributed by atoms with Crippen molar-refractivity contribution in [1.82, 2.24) is 0 Å². The van der Waals surface area contributed by atoms with E-state index >= 15 is 0 Å². The quantitative estimate of drug-likeness (QED) is 0.146. The van der Waals surface area contributed by atoms with Crippen molar-refractivity contribution in [3.8, 4) is 0 Å². The second-order valence-electron chi connectivity index (χ2n) is 8.47. The standard InChI is InChI=1S/C25H48O3/c1-24(25(27)28)22-20-18-16-14-12-10-8-6-4-2-3-5-7-9-11-13-15-17-19-21-23-26/h18,20,24,26H,2-17,19,21-23H2,1H3,(H,27,28)/b20-18+. The molecule has 0 rings (SSSR count). The number of aliphatic hydroxyl groups is 1. The molecule has 0 aromatic heterocycles. The molecule has 0 saturated heterocycles. The maximum Gasteiger partial charge on any atom is 0.306 e. The highest BCUT2D eigenvalue weighted by Gasteiger charge is 2.07. The van der Waals surface area contributed by atoms with Crippen molar-refractivity contribution in [2.24, 2.45) is 5.92 Å². The van der Waals surface area contributed by atoms with Crippen LogP contribution in [0.5, 0.6) is 0 Å². The third-order valence-electron chi connectivity index (χ3n) is 5.61. The van der Waals surface area contributed by atoms with E-state index in [0.717, 1.165) is 12.8 Å². The Balaban J connectivity index is 3.10. The minimum absolute atomic E-state index is 0.260. The highest BCUT2D eigenvalue weighted by Crippen LogP contribution is 2.14. The molecule has 0 bridgehead atoms. The van der Waals surface area contributed by atoms with E-state index in [1.807, 2.05) is 6.08 Å². The lowest BCUT2D eigenvalue weighted by molar-refractivity contribution is -0.140. The number of aliphatic carboxylic acids is 1. The molecular weight excluding hydrogens is 348 g/mol. The highest BCUT2D eigenvalue weighted by atomic mass is 16.4. The molecule has 0 aromatic carbocycles. The smallest absolute Gasteiger partial charge is 0.306 e. The van der Waals surface area contributed by atoms with Gasteiger partial charge in [0.05, 0.1) is 5.92 Å². The van der Waals surface area contributed by atoms with E-state index in [4.69, 9.17) is 10.2 Å². The summed E-state index contributed by atoms with van der Waals surface area (Å²) < 4.78 is 0. The molecule has 0 aromatic rings. The minimum Gasteiger partial charge on any atom is -0.481 e. The van der Waals surface area contributed by atoms with Crippen molar-refractivity contribution in [2.45, 2.75) is 129 Å². The summed E-state index contributed by atoms with van der Waals surface area (Å²) >= 11 is 0. The zero-order valence-electron chi connectivity index (χ0n) is 18.7. The van der Waals surface area contributed by atoms with Crippen LogP contribution in [0.3, 0.4) is 0 Å². The van der Waals surface area contributed by atoms with Gasteiger partial charge in [0.2, 0.25) is 0 Å². The Labute approximate surface area is 175 Å². The van der Waals surface area contributed by atoms with Crippen molar-refractivity contribution < 1.29 is 15.0 Å². The lowest BCUT2D eigenvalue weighted by Crippen LogP contribution is -2.07. The Kier molecular flexibility index (Phi) is 21.8. The maximum atomic E-state index is 10.7. The molecular formula is C25H48O3.